The normalized spacial score (nSPS) is 10.9. The number of carbonyl (C=O) groups is 3. The van der Waals surface area contributed by atoms with Crippen LogP contribution >= 0.6 is 86.8 Å². The van der Waals surface area contributed by atoms with Crippen molar-refractivity contribution in [3.8, 4) is 0 Å². The zero-order valence-corrected chi connectivity index (χ0v) is 26.7. The fourth-order valence-electron chi connectivity index (χ4n) is 3.33. The molecule has 3 N–H and O–H groups in total. The average molecular weight is 793 g/mol. The van der Waals surface area contributed by atoms with E-state index in [2.05, 4.69) is 79.3 Å². The molecule has 190 valence electrons. The van der Waals surface area contributed by atoms with Gasteiger partial charge in [0, 0.05) is 29.3 Å². The van der Waals surface area contributed by atoms with Crippen LogP contribution in [-0.4, -0.2) is 33.6 Å². The Hall–Kier alpha value is -1.77. The fraction of sp³-hybridized carbons (Fsp3) is 0.0833. The van der Waals surface area contributed by atoms with Gasteiger partial charge in [0.25, 0.3) is 5.91 Å². The number of aromatic nitrogens is 1. The van der Waals surface area contributed by atoms with Crippen LogP contribution in [0.3, 0.4) is 0 Å². The van der Waals surface area contributed by atoms with Gasteiger partial charge in [-0.25, -0.2) is 9.78 Å². The van der Waals surface area contributed by atoms with Crippen LogP contribution in [0.1, 0.15) is 26.3 Å². The molecule has 0 unspecified atom stereocenters. The highest BCUT2D eigenvalue weighted by atomic mass is 79.9. The first-order chi connectivity index (χ1) is 17.5. The number of thiazole rings is 1. The van der Waals surface area contributed by atoms with Gasteiger partial charge in [0.05, 0.1) is 27.1 Å². The molecule has 0 atom stereocenters. The maximum Gasteiger partial charge on any atom is 0.337 e. The third-order valence-electron chi connectivity index (χ3n) is 4.96. The number of hydrogen-bond donors (Lipinski definition) is 3. The largest absolute Gasteiger partial charge is 0.478 e. The van der Waals surface area contributed by atoms with Crippen LogP contribution in [0, 0.1) is 6.92 Å². The van der Waals surface area contributed by atoms with Crippen molar-refractivity contribution in [2.45, 2.75) is 11.3 Å². The highest BCUT2D eigenvalue weighted by Gasteiger charge is 2.28. The monoisotopic (exact) mass is 789 g/mol. The molecule has 4 aromatic rings. The van der Waals surface area contributed by atoms with Gasteiger partial charge in [-0.05, 0) is 107 Å². The zero-order valence-electron chi connectivity index (χ0n) is 18.7. The first-order valence-electron chi connectivity index (χ1n) is 10.4. The van der Waals surface area contributed by atoms with Crippen molar-refractivity contribution in [2.75, 3.05) is 16.4 Å². The number of carboxylic acids is 1. The summed E-state index contributed by atoms with van der Waals surface area (Å²) in [6, 6.07) is 12.8. The lowest BCUT2D eigenvalue weighted by molar-refractivity contribution is -0.113. The second-order valence-electron chi connectivity index (χ2n) is 7.63. The van der Waals surface area contributed by atoms with Gasteiger partial charge in [0.1, 0.15) is 0 Å². The number of carboxylic acid groups (broad SMARTS) is 1. The topological polar surface area (TPSA) is 108 Å². The molecule has 0 aliphatic rings. The van der Waals surface area contributed by atoms with Gasteiger partial charge in [-0.2, -0.15) is 0 Å². The Morgan fingerprint density at radius 2 is 1.59 bits per heavy atom. The molecular weight excluding hydrogens is 778 g/mol. The van der Waals surface area contributed by atoms with E-state index in [1.807, 2.05) is 31.2 Å². The number of aryl methyl sites for hydroxylation is 1. The predicted molar refractivity (Wildman–Crippen MR) is 162 cm³/mol. The lowest BCUT2D eigenvalue weighted by Gasteiger charge is -2.14. The Kier molecular flexibility index (Phi) is 9.13. The number of rotatable bonds is 7. The number of benzene rings is 3. The third-order valence-corrected chi connectivity index (χ3v) is 11.9. The van der Waals surface area contributed by atoms with Crippen molar-refractivity contribution in [3.05, 3.63) is 77.0 Å². The van der Waals surface area contributed by atoms with E-state index in [9.17, 15) is 19.5 Å². The quantitative estimate of drug-likeness (QED) is 0.0988. The number of amides is 2. The van der Waals surface area contributed by atoms with Gasteiger partial charge in [-0.3, -0.25) is 9.59 Å². The highest BCUT2D eigenvalue weighted by Crippen LogP contribution is 2.42. The zero-order chi connectivity index (χ0) is 26.9. The number of aromatic carboxylic acids is 1. The minimum Gasteiger partial charge on any atom is -0.478 e. The van der Waals surface area contributed by atoms with Crippen LogP contribution in [0.5, 0.6) is 0 Å². The van der Waals surface area contributed by atoms with Crippen molar-refractivity contribution in [1.29, 1.82) is 0 Å². The summed E-state index contributed by atoms with van der Waals surface area (Å²) >= 11 is 16.0. The summed E-state index contributed by atoms with van der Waals surface area (Å²) in [4.78, 5) is 41.9. The van der Waals surface area contributed by atoms with Crippen LogP contribution in [0.4, 0.5) is 11.4 Å². The maximum absolute atomic E-state index is 13.1. The van der Waals surface area contributed by atoms with Crippen molar-refractivity contribution in [1.82, 2.24) is 4.98 Å². The number of nitrogens with one attached hydrogen (secondary N) is 2. The van der Waals surface area contributed by atoms with Crippen molar-refractivity contribution < 1.29 is 19.5 Å². The van der Waals surface area contributed by atoms with Gasteiger partial charge in [0.2, 0.25) is 5.91 Å². The van der Waals surface area contributed by atoms with Gasteiger partial charge in [-0.15, -0.1) is 11.3 Å². The van der Waals surface area contributed by atoms with E-state index in [-0.39, 0.29) is 27.3 Å². The summed E-state index contributed by atoms with van der Waals surface area (Å²) in [5.41, 5.74) is 2.80. The molecule has 1 aromatic heterocycles. The molecule has 7 nitrogen and oxygen atoms in total. The van der Waals surface area contributed by atoms with Crippen molar-refractivity contribution in [3.63, 3.8) is 0 Å². The Balaban J connectivity index is 1.50. The van der Waals surface area contributed by atoms with E-state index in [1.165, 1.54) is 23.1 Å². The van der Waals surface area contributed by atoms with E-state index >= 15 is 0 Å². The number of fused-ring (bicyclic) bond motifs is 1. The molecule has 2 amide bonds. The van der Waals surface area contributed by atoms with Crippen LogP contribution in [0.25, 0.3) is 10.2 Å². The van der Waals surface area contributed by atoms with Gasteiger partial charge in [-0.1, -0.05) is 23.9 Å². The van der Waals surface area contributed by atoms with Crippen LogP contribution in [-0.2, 0) is 4.79 Å². The molecule has 0 saturated carbocycles. The first-order valence-corrected chi connectivity index (χ1v) is 15.3. The molecule has 1 heterocycles. The Bertz CT molecular complexity index is 1580. The number of nitrogens with zero attached hydrogens (tertiary/aromatic N) is 1. The average Bonchev–Trinajstić information content (AvgIpc) is 3.25. The summed E-state index contributed by atoms with van der Waals surface area (Å²) in [6.07, 6.45) is 0. The minimum atomic E-state index is -1.25. The molecule has 13 heteroatoms. The molecule has 37 heavy (non-hydrogen) atoms. The van der Waals surface area contributed by atoms with E-state index in [4.69, 9.17) is 0 Å². The predicted octanol–water partition coefficient (Wildman–Crippen LogP) is 8.34. The Morgan fingerprint density at radius 1 is 0.919 bits per heavy atom. The number of anilines is 2. The smallest absolute Gasteiger partial charge is 0.337 e. The van der Waals surface area contributed by atoms with Gasteiger partial charge in [0.15, 0.2) is 4.34 Å². The molecule has 4 rings (SSSR count). The third kappa shape index (κ3) is 6.45. The summed E-state index contributed by atoms with van der Waals surface area (Å²) < 4.78 is 3.05. The van der Waals surface area contributed by atoms with Gasteiger partial charge >= 0.3 is 5.97 Å². The summed E-state index contributed by atoms with van der Waals surface area (Å²) in [5, 5.41) is 15.4. The van der Waals surface area contributed by atoms with E-state index < -0.39 is 11.9 Å². The van der Waals surface area contributed by atoms with E-state index in [0.717, 1.165) is 25.8 Å². The van der Waals surface area contributed by atoms with E-state index in [0.29, 0.717) is 19.1 Å². The summed E-state index contributed by atoms with van der Waals surface area (Å²) in [7, 11) is 0. The van der Waals surface area contributed by atoms with Crippen LogP contribution in [0.15, 0.2) is 64.7 Å². The standard InChI is InChI=1S/C24H15Br4N3O4S2/c1-10-3-2-4-11(7-10)29-15(32)9-36-24-31-13-6-5-12(8-14(13)37-24)30-22(33)16-17(23(34)35)19(26)21(28)20(27)18(16)25/h2-8H,9H2,1H3,(H,29,32)(H,30,33)(H,34,35). The number of halogens is 4. The molecule has 0 aliphatic carbocycles. The fourth-order valence-corrected chi connectivity index (χ4v) is 7.70. The molecule has 0 spiro atoms. The SMILES string of the molecule is Cc1cccc(NC(=O)CSc2nc3ccc(NC(=O)c4c(Br)c(Br)c(Br)c(Br)c4C(=O)O)cc3s2)c1. The maximum atomic E-state index is 13.1. The second-order valence-corrected chi connectivity index (χ2v) is 13.1. The lowest BCUT2D eigenvalue weighted by Crippen LogP contribution is -2.18. The molecule has 0 aliphatic heterocycles. The first kappa shape index (κ1) is 28.2. The second kappa shape index (κ2) is 12.0. The van der Waals surface area contributed by atoms with Crippen molar-refractivity contribution >= 4 is 126 Å². The number of thioether (sulfide) groups is 1. The molecule has 0 bridgehead atoms. The summed E-state index contributed by atoms with van der Waals surface area (Å²) in [5.74, 6) is -1.77. The Labute approximate surface area is 253 Å². The number of hydrogen-bond acceptors (Lipinski definition) is 6. The molecule has 0 fully saturated rings. The molecule has 0 saturated heterocycles. The van der Waals surface area contributed by atoms with Crippen LogP contribution < -0.4 is 10.6 Å². The molecule has 0 radical (unpaired) electrons. The number of carbonyl (C=O) groups excluding carboxylic acids is 2. The van der Waals surface area contributed by atoms with Gasteiger partial charge < -0.3 is 15.7 Å². The molecular formula is C24H15Br4N3O4S2. The lowest BCUT2D eigenvalue weighted by atomic mass is 10.1. The Morgan fingerprint density at radius 3 is 2.27 bits per heavy atom. The highest BCUT2D eigenvalue weighted by molar-refractivity contribution is 9.15. The van der Waals surface area contributed by atoms with E-state index in [1.54, 1.807) is 18.2 Å². The minimum absolute atomic E-state index is 0.0327. The van der Waals surface area contributed by atoms with Crippen molar-refractivity contribution in [2.24, 2.45) is 0 Å². The summed E-state index contributed by atoms with van der Waals surface area (Å²) in [6.45, 7) is 1.96. The molecule has 3 aromatic carbocycles. The van der Waals surface area contributed by atoms with Crippen LogP contribution in [0.2, 0.25) is 0 Å².